The molecule has 138 valence electrons. The fourth-order valence-electron chi connectivity index (χ4n) is 2.35. The number of ether oxygens (including phenoxy) is 2. The van der Waals surface area contributed by atoms with Crippen LogP contribution >= 0.6 is 0 Å². The molecule has 0 radical (unpaired) electrons. The number of hydrogen-bond donors (Lipinski definition) is 0. The fourth-order valence-corrected chi connectivity index (χ4v) is 3.23. The highest BCUT2D eigenvalue weighted by Gasteiger charge is 2.24. The van der Waals surface area contributed by atoms with E-state index in [1.807, 2.05) is 6.92 Å². The van der Waals surface area contributed by atoms with E-state index < -0.39 is 27.7 Å². The Balaban J connectivity index is 2.15. The van der Waals surface area contributed by atoms with Gasteiger partial charge in [0.15, 0.2) is 15.9 Å². The van der Waals surface area contributed by atoms with E-state index in [2.05, 4.69) is 0 Å². The van der Waals surface area contributed by atoms with Crippen molar-refractivity contribution in [2.45, 2.75) is 24.8 Å². The molecule has 7 heteroatoms. The van der Waals surface area contributed by atoms with Gasteiger partial charge in [0.25, 0.3) is 0 Å². The molecule has 0 aliphatic heterocycles. The molecule has 0 amide bonds. The SMILES string of the molecule is CCOc1ccc(C(=O)[C@H](C)OC(=O)c2ccccc2S(C)(=O)=O)cc1. The molecule has 26 heavy (non-hydrogen) atoms. The lowest BCUT2D eigenvalue weighted by atomic mass is 10.1. The van der Waals surface area contributed by atoms with E-state index in [4.69, 9.17) is 9.47 Å². The first kappa shape index (κ1) is 19.7. The number of carbonyl (C=O) groups excluding carboxylic acids is 2. The van der Waals surface area contributed by atoms with Crippen LogP contribution in [-0.4, -0.2) is 39.1 Å². The van der Waals surface area contributed by atoms with Crippen molar-refractivity contribution in [3.63, 3.8) is 0 Å². The van der Waals surface area contributed by atoms with Crippen LogP contribution in [0, 0.1) is 0 Å². The van der Waals surface area contributed by atoms with Gasteiger partial charge in [-0.3, -0.25) is 4.79 Å². The maximum atomic E-state index is 12.4. The molecule has 2 aromatic rings. The number of Topliss-reactive ketones (excluding diaryl/α,β-unsaturated/α-hetero) is 1. The smallest absolute Gasteiger partial charge is 0.340 e. The maximum Gasteiger partial charge on any atom is 0.340 e. The van der Waals surface area contributed by atoms with E-state index in [1.54, 1.807) is 24.3 Å². The lowest BCUT2D eigenvalue weighted by Gasteiger charge is -2.14. The van der Waals surface area contributed by atoms with Crippen LogP contribution in [0.4, 0.5) is 0 Å². The van der Waals surface area contributed by atoms with Crippen LogP contribution in [0.2, 0.25) is 0 Å². The van der Waals surface area contributed by atoms with Gasteiger partial charge in [-0.05, 0) is 50.2 Å². The van der Waals surface area contributed by atoms with Gasteiger partial charge in [0, 0.05) is 11.8 Å². The van der Waals surface area contributed by atoms with Gasteiger partial charge in [-0.15, -0.1) is 0 Å². The van der Waals surface area contributed by atoms with Gasteiger partial charge < -0.3 is 9.47 Å². The zero-order chi connectivity index (χ0) is 19.3. The summed E-state index contributed by atoms with van der Waals surface area (Å²) in [6.45, 7) is 3.82. The zero-order valence-electron chi connectivity index (χ0n) is 14.8. The lowest BCUT2D eigenvalue weighted by Crippen LogP contribution is -2.25. The second-order valence-electron chi connectivity index (χ2n) is 5.64. The summed E-state index contributed by atoms with van der Waals surface area (Å²) in [7, 11) is -3.60. The minimum Gasteiger partial charge on any atom is -0.494 e. The number of esters is 1. The molecule has 0 bridgehead atoms. The third-order valence-corrected chi connectivity index (χ3v) is 4.76. The molecule has 0 unspecified atom stereocenters. The Morgan fingerprint density at radius 1 is 1.04 bits per heavy atom. The molecule has 0 aliphatic rings. The summed E-state index contributed by atoms with van der Waals surface area (Å²) < 4.78 is 34.1. The summed E-state index contributed by atoms with van der Waals surface area (Å²) in [5.41, 5.74) is 0.270. The average Bonchev–Trinajstić information content (AvgIpc) is 2.61. The molecule has 0 aromatic heterocycles. The standard InChI is InChI=1S/C19H20O6S/c1-4-24-15-11-9-14(10-12-15)18(20)13(2)25-19(21)16-7-5-6-8-17(16)26(3,22)23/h5-13H,4H2,1-3H3/t13-/m0/s1. The highest BCUT2D eigenvalue weighted by Crippen LogP contribution is 2.19. The molecule has 0 aliphatic carbocycles. The second-order valence-corrected chi connectivity index (χ2v) is 7.62. The minimum atomic E-state index is -3.60. The van der Waals surface area contributed by atoms with Gasteiger partial charge in [-0.2, -0.15) is 0 Å². The predicted molar refractivity (Wildman–Crippen MR) is 96.4 cm³/mol. The van der Waals surface area contributed by atoms with E-state index in [0.29, 0.717) is 17.9 Å². The van der Waals surface area contributed by atoms with Crippen molar-refractivity contribution in [1.29, 1.82) is 0 Å². The van der Waals surface area contributed by atoms with Gasteiger partial charge in [0.1, 0.15) is 5.75 Å². The topological polar surface area (TPSA) is 86.7 Å². The maximum absolute atomic E-state index is 12.4. The number of sulfone groups is 1. The molecule has 0 spiro atoms. The molecule has 0 N–H and O–H groups in total. The number of hydrogen-bond acceptors (Lipinski definition) is 6. The third-order valence-electron chi connectivity index (χ3n) is 3.61. The summed E-state index contributed by atoms with van der Waals surface area (Å²) >= 11 is 0. The van der Waals surface area contributed by atoms with Gasteiger partial charge >= 0.3 is 5.97 Å². The van der Waals surface area contributed by atoms with Crippen molar-refractivity contribution in [2.75, 3.05) is 12.9 Å². The highest BCUT2D eigenvalue weighted by molar-refractivity contribution is 7.90. The van der Waals surface area contributed by atoms with Crippen LogP contribution in [-0.2, 0) is 14.6 Å². The highest BCUT2D eigenvalue weighted by atomic mass is 32.2. The van der Waals surface area contributed by atoms with Crippen molar-refractivity contribution in [1.82, 2.24) is 0 Å². The molecule has 2 rings (SSSR count). The Labute approximate surface area is 152 Å². The molecule has 2 aromatic carbocycles. The Morgan fingerprint density at radius 2 is 1.65 bits per heavy atom. The van der Waals surface area contributed by atoms with E-state index in [9.17, 15) is 18.0 Å². The molecule has 1 atom stereocenters. The molecule has 0 heterocycles. The van der Waals surface area contributed by atoms with E-state index in [1.165, 1.54) is 31.2 Å². The average molecular weight is 376 g/mol. The fraction of sp³-hybridized carbons (Fsp3) is 0.263. The summed E-state index contributed by atoms with van der Waals surface area (Å²) in [5.74, 6) is -0.619. The van der Waals surface area contributed by atoms with Crippen LogP contribution in [0.15, 0.2) is 53.4 Å². The molecular formula is C19H20O6S. The van der Waals surface area contributed by atoms with E-state index in [-0.39, 0.29) is 10.5 Å². The van der Waals surface area contributed by atoms with Gasteiger partial charge in [0.05, 0.1) is 17.1 Å². The molecule has 6 nitrogen and oxygen atoms in total. The monoisotopic (exact) mass is 376 g/mol. The number of carbonyl (C=O) groups is 2. The summed E-state index contributed by atoms with van der Waals surface area (Å²) in [5, 5.41) is 0. The Morgan fingerprint density at radius 3 is 2.23 bits per heavy atom. The largest absolute Gasteiger partial charge is 0.494 e. The number of benzene rings is 2. The van der Waals surface area contributed by atoms with Crippen molar-refractivity contribution >= 4 is 21.6 Å². The Bertz CT molecular complexity index is 900. The minimum absolute atomic E-state index is 0.0960. The predicted octanol–water partition coefficient (Wildman–Crippen LogP) is 2.92. The summed E-state index contributed by atoms with van der Waals surface area (Å²) in [4.78, 5) is 24.6. The van der Waals surface area contributed by atoms with E-state index >= 15 is 0 Å². The molecule has 0 fully saturated rings. The van der Waals surface area contributed by atoms with Crippen molar-refractivity contribution in [3.05, 3.63) is 59.7 Å². The lowest BCUT2D eigenvalue weighted by molar-refractivity contribution is 0.0315. The van der Waals surface area contributed by atoms with E-state index in [0.717, 1.165) is 6.26 Å². The normalized spacial score (nSPS) is 12.3. The molecule has 0 saturated carbocycles. The van der Waals surface area contributed by atoms with Gasteiger partial charge in [0.2, 0.25) is 5.78 Å². The zero-order valence-corrected chi connectivity index (χ0v) is 15.6. The molecular weight excluding hydrogens is 356 g/mol. The van der Waals surface area contributed by atoms with Crippen molar-refractivity contribution < 1.29 is 27.5 Å². The molecule has 0 saturated heterocycles. The van der Waals surface area contributed by atoms with Gasteiger partial charge in [-0.25, -0.2) is 13.2 Å². The van der Waals surface area contributed by atoms with Crippen molar-refractivity contribution in [2.24, 2.45) is 0 Å². The van der Waals surface area contributed by atoms with Gasteiger partial charge in [-0.1, -0.05) is 12.1 Å². The van der Waals surface area contributed by atoms with Crippen LogP contribution in [0.25, 0.3) is 0 Å². The number of rotatable bonds is 7. The third kappa shape index (κ3) is 4.70. The first-order chi connectivity index (χ1) is 12.2. The van der Waals surface area contributed by atoms with Crippen molar-refractivity contribution in [3.8, 4) is 5.75 Å². The van der Waals surface area contributed by atoms with Crippen LogP contribution in [0.1, 0.15) is 34.6 Å². The van der Waals surface area contributed by atoms with Crippen LogP contribution in [0.3, 0.4) is 0 Å². The van der Waals surface area contributed by atoms with Crippen LogP contribution in [0.5, 0.6) is 5.75 Å². The summed E-state index contributed by atoms with van der Waals surface area (Å²) in [6, 6.07) is 12.2. The first-order valence-corrected chi connectivity index (χ1v) is 9.90. The quantitative estimate of drug-likeness (QED) is 0.545. The van der Waals surface area contributed by atoms with Crippen LogP contribution < -0.4 is 4.74 Å². The number of ketones is 1. The Hall–Kier alpha value is -2.67. The second kappa shape index (κ2) is 8.14. The Kier molecular flexibility index (Phi) is 6.15. The first-order valence-electron chi connectivity index (χ1n) is 8.01. The summed E-state index contributed by atoms with van der Waals surface area (Å²) in [6.07, 6.45) is -0.0544.